The average molecular weight is 482 g/mol. The standard InChI is InChI=1S/C24H26F3N3O2.ClH/c25-15-10-18(22(19(26)11-15)32-13-14-2-1-9-28-23(14)27)17-12-20(17)29-16-3-6-24(7-4-16)8-5-21(31)30-24;/h1-2,9-11,16-17,20,29H,3-8,12-13H2,(H,30,31);1H/t16?,17-,20+,24?;/m0./s1. The molecule has 9 heteroatoms. The van der Waals surface area contributed by atoms with Gasteiger partial charge in [0.2, 0.25) is 11.9 Å². The lowest BCUT2D eigenvalue weighted by molar-refractivity contribution is -0.120. The van der Waals surface area contributed by atoms with Crippen molar-refractivity contribution >= 4 is 18.3 Å². The van der Waals surface area contributed by atoms with Crippen molar-refractivity contribution in [3.8, 4) is 5.75 Å². The smallest absolute Gasteiger partial charge is 0.220 e. The topological polar surface area (TPSA) is 63.2 Å². The second-order valence-corrected chi connectivity index (χ2v) is 9.27. The molecule has 0 radical (unpaired) electrons. The fourth-order valence-electron chi connectivity index (χ4n) is 5.20. The van der Waals surface area contributed by atoms with Crippen LogP contribution in [-0.4, -0.2) is 28.5 Å². The van der Waals surface area contributed by atoms with Gasteiger partial charge in [-0.1, -0.05) is 0 Å². The van der Waals surface area contributed by atoms with Gasteiger partial charge in [0.05, 0.1) is 0 Å². The van der Waals surface area contributed by atoms with Gasteiger partial charge in [0, 0.05) is 53.4 Å². The number of hydrogen-bond donors (Lipinski definition) is 2. The molecule has 1 aliphatic heterocycles. The number of carbonyl (C=O) groups excluding carboxylic acids is 1. The number of hydrogen-bond acceptors (Lipinski definition) is 4. The Kier molecular flexibility index (Phi) is 6.86. The lowest BCUT2D eigenvalue weighted by Crippen LogP contribution is -2.48. The number of rotatable bonds is 6. The highest BCUT2D eigenvalue weighted by atomic mass is 35.5. The van der Waals surface area contributed by atoms with Crippen LogP contribution < -0.4 is 15.4 Å². The second kappa shape index (κ2) is 9.50. The Labute approximate surface area is 196 Å². The van der Waals surface area contributed by atoms with Crippen molar-refractivity contribution in [2.75, 3.05) is 0 Å². The lowest BCUT2D eigenvalue weighted by atomic mass is 9.78. The highest BCUT2D eigenvalue weighted by Gasteiger charge is 2.45. The van der Waals surface area contributed by atoms with E-state index in [4.69, 9.17) is 4.74 Å². The summed E-state index contributed by atoms with van der Waals surface area (Å²) in [7, 11) is 0. The third-order valence-electron chi connectivity index (χ3n) is 7.06. The van der Waals surface area contributed by atoms with E-state index in [1.165, 1.54) is 18.3 Å². The van der Waals surface area contributed by atoms with E-state index in [9.17, 15) is 18.0 Å². The first-order valence-corrected chi connectivity index (χ1v) is 11.2. The number of benzene rings is 1. The summed E-state index contributed by atoms with van der Waals surface area (Å²) in [5.74, 6) is -2.05. The predicted octanol–water partition coefficient (Wildman–Crippen LogP) is 4.54. The summed E-state index contributed by atoms with van der Waals surface area (Å²) in [6, 6.07) is 5.64. The maximum absolute atomic E-state index is 14.6. The highest BCUT2D eigenvalue weighted by Crippen LogP contribution is 2.47. The zero-order chi connectivity index (χ0) is 22.3. The van der Waals surface area contributed by atoms with Crippen molar-refractivity contribution in [1.29, 1.82) is 0 Å². The van der Waals surface area contributed by atoms with Gasteiger partial charge in [-0.25, -0.2) is 13.8 Å². The van der Waals surface area contributed by atoms with E-state index < -0.39 is 17.6 Å². The Hall–Kier alpha value is -2.32. The summed E-state index contributed by atoms with van der Waals surface area (Å²) in [6.07, 6.45) is 7.44. The largest absolute Gasteiger partial charge is 0.485 e. The molecule has 0 unspecified atom stereocenters. The minimum Gasteiger partial charge on any atom is -0.485 e. The maximum atomic E-state index is 14.6. The molecular weight excluding hydrogens is 455 g/mol. The van der Waals surface area contributed by atoms with Gasteiger partial charge in [-0.2, -0.15) is 4.39 Å². The zero-order valence-electron chi connectivity index (χ0n) is 18.1. The number of pyridine rings is 1. The monoisotopic (exact) mass is 481 g/mol. The first-order chi connectivity index (χ1) is 15.4. The van der Waals surface area contributed by atoms with E-state index in [2.05, 4.69) is 15.6 Å². The first-order valence-electron chi connectivity index (χ1n) is 11.2. The molecule has 1 aromatic carbocycles. The van der Waals surface area contributed by atoms with Gasteiger partial charge < -0.3 is 15.4 Å². The summed E-state index contributed by atoms with van der Waals surface area (Å²) in [4.78, 5) is 15.2. The zero-order valence-corrected chi connectivity index (χ0v) is 18.9. The van der Waals surface area contributed by atoms with E-state index in [0.29, 0.717) is 18.0 Å². The fraction of sp³-hybridized carbons (Fsp3) is 0.500. The van der Waals surface area contributed by atoms with Crippen LogP contribution in [0.3, 0.4) is 0 Å². The van der Waals surface area contributed by atoms with Crippen molar-refractivity contribution in [3.05, 3.63) is 59.2 Å². The Balaban J connectivity index is 0.00000259. The van der Waals surface area contributed by atoms with Crippen molar-refractivity contribution < 1.29 is 22.7 Å². The molecule has 2 N–H and O–H groups in total. The summed E-state index contributed by atoms with van der Waals surface area (Å²) in [5, 5.41) is 6.77. The van der Waals surface area contributed by atoms with Crippen molar-refractivity contribution in [1.82, 2.24) is 15.6 Å². The third-order valence-corrected chi connectivity index (χ3v) is 7.06. The van der Waals surface area contributed by atoms with Crippen LogP contribution in [-0.2, 0) is 11.4 Å². The Morgan fingerprint density at radius 1 is 1.18 bits per heavy atom. The minimum atomic E-state index is -0.786. The summed E-state index contributed by atoms with van der Waals surface area (Å²) in [5.41, 5.74) is 0.648. The van der Waals surface area contributed by atoms with Crippen molar-refractivity contribution in [2.24, 2.45) is 0 Å². The van der Waals surface area contributed by atoms with Gasteiger partial charge in [-0.05, 0) is 56.7 Å². The molecule has 3 fully saturated rings. The average Bonchev–Trinajstić information content (AvgIpc) is 3.43. The van der Waals surface area contributed by atoms with E-state index in [0.717, 1.165) is 44.6 Å². The van der Waals surface area contributed by atoms with Crippen molar-refractivity contribution in [2.45, 2.75) is 75.1 Å². The van der Waals surface area contributed by atoms with E-state index in [-0.39, 0.29) is 53.7 Å². The summed E-state index contributed by atoms with van der Waals surface area (Å²) >= 11 is 0. The van der Waals surface area contributed by atoms with Crippen LogP contribution in [0.15, 0.2) is 30.5 Å². The molecule has 2 heterocycles. The van der Waals surface area contributed by atoms with Crippen LogP contribution in [0.1, 0.15) is 62.0 Å². The first kappa shape index (κ1) is 23.8. The molecule has 2 aliphatic carbocycles. The summed E-state index contributed by atoms with van der Waals surface area (Å²) < 4.78 is 48.0. The quantitative estimate of drug-likeness (QED) is 0.595. The van der Waals surface area contributed by atoms with Gasteiger partial charge in [0.1, 0.15) is 12.4 Å². The molecule has 2 atom stereocenters. The number of amides is 1. The van der Waals surface area contributed by atoms with Gasteiger partial charge in [0.15, 0.2) is 11.6 Å². The maximum Gasteiger partial charge on any atom is 0.220 e. The number of nitrogens with zero attached hydrogens (tertiary/aromatic N) is 1. The highest BCUT2D eigenvalue weighted by molar-refractivity contribution is 5.85. The molecule has 0 bridgehead atoms. The van der Waals surface area contributed by atoms with Crippen LogP contribution >= 0.6 is 12.4 Å². The van der Waals surface area contributed by atoms with Gasteiger partial charge in [-0.15, -0.1) is 12.4 Å². The molecule has 1 aromatic heterocycles. The molecule has 1 amide bonds. The minimum absolute atomic E-state index is 0. The Morgan fingerprint density at radius 2 is 1.97 bits per heavy atom. The van der Waals surface area contributed by atoms with Crippen LogP contribution in [0.5, 0.6) is 5.75 Å². The molecule has 33 heavy (non-hydrogen) atoms. The van der Waals surface area contributed by atoms with E-state index in [1.54, 1.807) is 6.07 Å². The number of carbonyl (C=O) groups is 1. The molecule has 1 saturated heterocycles. The van der Waals surface area contributed by atoms with Crippen LogP contribution in [0.25, 0.3) is 0 Å². The Morgan fingerprint density at radius 3 is 2.67 bits per heavy atom. The molecular formula is C24H27ClF3N3O2. The van der Waals surface area contributed by atoms with Gasteiger partial charge in [0.25, 0.3) is 0 Å². The molecule has 3 aliphatic rings. The van der Waals surface area contributed by atoms with Crippen LogP contribution in [0.2, 0.25) is 0 Å². The van der Waals surface area contributed by atoms with Crippen LogP contribution in [0, 0.1) is 17.6 Å². The van der Waals surface area contributed by atoms with E-state index >= 15 is 0 Å². The number of aromatic nitrogens is 1. The molecule has 178 valence electrons. The fourth-order valence-corrected chi connectivity index (χ4v) is 5.20. The van der Waals surface area contributed by atoms with Crippen molar-refractivity contribution in [3.63, 3.8) is 0 Å². The molecule has 2 aromatic rings. The van der Waals surface area contributed by atoms with Crippen LogP contribution in [0.4, 0.5) is 13.2 Å². The molecule has 5 rings (SSSR count). The normalized spacial score (nSPS) is 28.3. The Bertz CT molecular complexity index is 1030. The predicted molar refractivity (Wildman–Crippen MR) is 119 cm³/mol. The number of halogens is 4. The summed E-state index contributed by atoms with van der Waals surface area (Å²) in [6.45, 7) is -0.184. The molecule has 5 nitrogen and oxygen atoms in total. The number of nitrogens with one attached hydrogen (secondary N) is 2. The molecule has 2 saturated carbocycles. The van der Waals surface area contributed by atoms with Gasteiger partial charge in [-0.3, -0.25) is 4.79 Å². The van der Waals surface area contributed by atoms with Gasteiger partial charge >= 0.3 is 0 Å². The van der Waals surface area contributed by atoms with E-state index in [1.807, 2.05) is 0 Å². The number of ether oxygens (including phenoxy) is 1. The molecule has 1 spiro atoms. The lowest BCUT2D eigenvalue weighted by Gasteiger charge is -2.37. The second-order valence-electron chi connectivity index (χ2n) is 9.27. The third kappa shape index (κ3) is 5.11. The SMILES string of the molecule is Cl.O=C1CCC2(CCC(N[C@@H]3C[C@H]3c3cc(F)cc(F)c3OCc3cccnc3F)CC2)N1.